The summed E-state index contributed by atoms with van der Waals surface area (Å²) in [6.07, 6.45) is 1.61. The largest absolute Gasteiger partial charge is 0.497 e. The van der Waals surface area contributed by atoms with E-state index >= 15 is 0 Å². The number of benzene rings is 1. The monoisotopic (exact) mass is 274 g/mol. The Morgan fingerprint density at radius 3 is 2.80 bits per heavy atom. The van der Waals surface area contributed by atoms with Crippen LogP contribution in [0.2, 0.25) is 0 Å². The molecule has 0 amide bonds. The molecular weight excluding hydrogens is 256 g/mol. The molecule has 2 aromatic rings. The van der Waals surface area contributed by atoms with Gasteiger partial charge in [0.05, 0.1) is 24.8 Å². The highest BCUT2D eigenvalue weighted by molar-refractivity contribution is 5.88. The van der Waals surface area contributed by atoms with Gasteiger partial charge in [-0.2, -0.15) is 0 Å². The van der Waals surface area contributed by atoms with Crippen LogP contribution in [0.4, 0.5) is 0 Å². The minimum atomic E-state index is -0.545. The molecule has 0 aliphatic heterocycles. The van der Waals surface area contributed by atoms with Crippen LogP contribution in [-0.4, -0.2) is 29.2 Å². The van der Waals surface area contributed by atoms with Crippen LogP contribution in [0.15, 0.2) is 18.2 Å². The Bertz CT molecular complexity index is 671. The van der Waals surface area contributed by atoms with Crippen molar-refractivity contribution in [2.24, 2.45) is 7.05 Å². The third kappa shape index (κ3) is 1.77. The lowest BCUT2D eigenvalue weighted by molar-refractivity contribution is -0.146. The van der Waals surface area contributed by atoms with Crippen molar-refractivity contribution >= 4 is 17.0 Å². The van der Waals surface area contributed by atoms with Gasteiger partial charge in [-0.3, -0.25) is 4.79 Å². The van der Waals surface area contributed by atoms with Crippen LogP contribution in [0.5, 0.6) is 5.75 Å². The highest BCUT2D eigenvalue weighted by atomic mass is 16.5. The van der Waals surface area contributed by atoms with Crippen molar-refractivity contribution in [1.29, 1.82) is 0 Å². The average Bonchev–Trinajstić information content (AvgIpc) is 3.20. The Hall–Kier alpha value is -2.04. The van der Waals surface area contributed by atoms with Gasteiger partial charge in [-0.05, 0) is 31.9 Å². The number of fused-ring (bicyclic) bond motifs is 1. The van der Waals surface area contributed by atoms with E-state index in [9.17, 15) is 4.79 Å². The topological polar surface area (TPSA) is 53.4 Å². The average molecular weight is 274 g/mol. The normalized spacial score (nSPS) is 16.1. The molecule has 5 heteroatoms. The van der Waals surface area contributed by atoms with Crippen molar-refractivity contribution < 1.29 is 14.3 Å². The van der Waals surface area contributed by atoms with Crippen LogP contribution in [0.3, 0.4) is 0 Å². The number of aryl methyl sites for hydroxylation is 1. The number of methoxy groups -OCH3 is 1. The standard InChI is InChI=1S/C15H18N2O3/c1-4-20-14(18)15(7-8-15)13-16-11-9-10(19-3)5-6-12(11)17(13)2/h5-6,9H,4,7-8H2,1-3H3. The number of imidazole rings is 1. The van der Waals surface area contributed by atoms with Crippen molar-refractivity contribution in [2.75, 3.05) is 13.7 Å². The number of carbonyl (C=O) groups excluding carboxylic acids is 1. The molecule has 1 aliphatic carbocycles. The van der Waals surface area contributed by atoms with E-state index in [1.807, 2.05) is 36.7 Å². The van der Waals surface area contributed by atoms with Crippen LogP contribution >= 0.6 is 0 Å². The van der Waals surface area contributed by atoms with Crippen molar-refractivity contribution in [1.82, 2.24) is 9.55 Å². The van der Waals surface area contributed by atoms with Gasteiger partial charge in [0, 0.05) is 13.1 Å². The zero-order chi connectivity index (χ0) is 14.3. The van der Waals surface area contributed by atoms with Gasteiger partial charge in [0.2, 0.25) is 0 Å². The van der Waals surface area contributed by atoms with Crippen LogP contribution < -0.4 is 4.74 Å². The van der Waals surface area contributed by atoms with Crippen LogP contribution in [0.25, 0.3) is 11.0 Å². The Morgan fingerprint density at radius 1 is 1.45 bits per heavy atom. The van der Waals surface area contributed by atoms with Gasteiger partial charge in [0.15, 0.2) is 0 Å². The highest BCUT2D eigenvalue weighted by Crippen LogP contribution is 2.49. The minimum absolute atomic E-state index is 0.162. The summed E-state index contributed by atoms with van der Waals surface area (Å²) in [4.78, 5) is 16.8. The number of aromatic nitrogens is 2. The van der Waals surface area contributed by atoms with Crippen LogP contribution in [-0.2, 0) is 22.0 Å². The van der Waals surface area contributed by atoms with Gasteiger partial charge in [-0.1, -0.05) is 0 Å². The Balaban J connectivity index is 2.08. The first-order valence-electron chi connectivity index (χ1n) is 6.80. The molecule has 0 spiro atoms. The van der Waals surface area contributed by atoms with E-state index in [1.54, 1.807) is 7.11 Å². The Kier molecular flexibility index (Phi) is 2.92. The molecule has 0 N–H and O–H groups in total. The third-order valence-corrected chi connectivity index (χ3v) is 3.93. The minimum Gasteiger partial charge on any atom is -0.497 e. The number of carbonyl (C=O) groups is 1. The molecule has 1 saturated carbocycles. The maximum absolute atomic E-state index is 12.2. The molecular formula is C15H18N2O3. The summed E-state index contributed by atoms with van der Waals surface area (Å²) < 4.78 is 12.4. The van der Waals surface area contributed by atoms with Gasteiger partial charge < -0.3 is 14.0 Å². The van der Waals surface area contributed by atoms with E-state index < -0.39 is 5.41 Å². The van der Waals surface area contributed by atoms with Gasteiger partial charge in [0.1, 0.15) is 17.0 Å². The maximum atomic E-state index is 12.2. The van der Waals surface area contributed by atoms with Crippen LogP contribution in [0.1, 0.15) is 25.6 Å². The molecule has 0 bridgehead atoms. The zero-order valence-corrected chi connectivity index (χ0v) is 12.0. The van der Waals surface area contributed by atoms with Crippen LogP contribution in [0, 0.1) is 0 Å². The molecule has 0 unspecified atom stereocenters. The Labute approximate surface area is 117 Å². The van der Waals surface area contributed by atoms with Crippen molar-refractivity contribution in [3.05, 3.63) is 24.0 Å². The molecule has 1 aliphatic rings. The first-order valence-corrected chi connectivity index (χ1v) is 6.80. The van der Waals surface area contributed by atoms with E-state index in [0.29, 0.717) is 6.61 Å². The fourth-order valence-corrected chi connectivity index (χ4v) is 2.65. The lowest BCUT2D eigenvalue weighted by Crippen LogP contribution is -2.26. The van der Waals surface area contributed by atoms with Gasteiger partial charge in [-0.25, -0.2) is 4.98 Å². The summed E-state index contributed by atoms with van der Waals surface area (Å²) >= 11 is 0. The molecule has 0 radical (unpaired) electrons. The molecule has 1 heterocycles. The predicted molar refractivity (Wildman–Crippen MR) is 74.8 cm³/mol. The summed E-state index contributed by atoms with van der Waals surface area (Å²) in [5.74, 6) is 1.40. The fraction of sp³-hybridized carbons (Fsp3) is 0.467. The first-order chi connectivity index (χ1) is 9.62. The van der Waals surface area contributed by atoms with Crippen molar-refractivity contribution in [3.63, 3.8) is 0 Å². The molecule has 0 atom stereocenters. The van der Waals surface area contributed by atoms with Gasteiger partial charge in [0.25, 0.3) is 0 Å². The smallest absolute Gasteiger partial charge is 0.319 e. The predicted octanol–water partition coefficient (Wildman–Crippen LogP) is 2.18. The molecule has 1 aromatic carbocycles. The zero-order valence-electron chi connectivity index (χ0n) is 12.0. The molecule has 1 fully saturated rings. The Morgan fingerprint density at radius 2 is 2.20 bits per heavy atom. The summed E-state index contributed by atoms with van der Waals surface area (Å²) in [7, 11) is 3.57. The molecule has 3 rings (SSSR count). The second-order valence-corrected chi connectivity index (χ2v) is 5.15. The quantitative estimate of drug-likeness (QED) is 0.802. The summed E-state index contributed by atoms with van der Waals surface area (Å²) in [5.41, 5.74) is 1.30. The molecule has 5 nitrogen and oxygen atoms in total. The first kappa shape index (κ1) is 13.0. The van der Waals surface area contributed by atoms with E-state index in [-0.39, 0.29) is 5.97 Å². The van der Waals surface area contributed by atoms with E-state index in [2.05, 4.69) is 4.98 Å². The SMILES string of the molecule is CCOC(=O)C1(c2nc3cc(OC)ccc3n2C)CC1. The fourth-order valence-electron chi connectivity index (χ4n) is 2.65. The summed E-state index contributed by atoms with van der Waals surface area (Å²) in [5, 5.41) is 0. The van der Waals surface area contributed by atoms with E-state index in [4.69, 9.17) is 9.47 Å². The van der Waals surface area contributed by atoms with Gasteiger partial charge >= 0.3 is 5.97 Å². The number of hydrogen-bond donors (Lipinski definition) is 0. The second-order valence-electron chi connectivity index (χ2n) is 5.15. The van der Waals surface area contributed by atoms with E-state index in [1.165, 1.54) is 0 Å². The number of ether oxygens (including phenoxy) is 2. The number of esters is 1. The van der Waals surface area contributed by atoms with Gasteiger partial charge in [-0.15, -0.1) is 0 Å². The summed E-state index contributed by atoms with van der Waals surface area (Å²) in [6, 6.07) is 5.75. The number of hydrogen-bond acceptors (Lipinski definition) is 4. The highest BCUT2D eigenvalue weighted by Gasteiger charge is 2.56. The molecule has 106 valence electrons. The van der Waals surface area contributed by atoms with Crippen molar-refractivity contribution in [3.8, 4) is 5.75 Å². The summed E-state index contributed by atoms with van der Waals surface area (Å²) in [6.45, 7) is 2.23. The molecule has 0 saturated heterocycles. The third-order valence-electron chi connectivity index (χ3n) is 3.93. The molecule has 1 aromatic heterocycles. The lowest BCUT2D eigenvalue weighted by Gasteiger charge is -2.13. The second kappa shape index (κ2) is 4.51. The lowest BCUT2D eigenvalue weighted by atomic mass is 10.1. The maximum Gasteiger partial charge on any atom is 0.319 e. The number of rotatable bonds is 4. The van der Waals surface area contributed by atoms with E-state index in [0.717, 1.165) is 35.4 Å². The molecule has 20 heavy (non-hydrogen) atoms. The van der Waals surface area contributed by atoms with Crippen molar-refractivity contribution in [2.45, 2.75) is 25.2 Å². The number of nitrogens with zero attached hydrogens (tertiary/aromatic N) is 2.